The first-order valence-electron chi connectivity index (χ1n) is 11.4. The largest absolute Gasteiger partial charge is 0.476 e. The summed E-state index contributed by atoms with van der Waals surface area (Å²) in [6.07, 6.45) is 0.383. The zero-order valence-electron chi connectivity index (χ0n) is 19.7. The van der Waals surface area contributed by atoms with Crippen LogP contribution >= 0.6 is 0 Å². The van der Waals surface area contributed by atoms with Gasteiger partial charge in [0, 0.05) is 25.3 Å². The van der Waals surface area contributed by atoms with Gasteiger partial charge in [0.2, 0.25) is 5.75 Å². The number of carbonyl (C=O) groups is 2. The second-order valence-electron chi connectivity index (χ2n) is 8.22. The van der Waals surface area contributed by atoms with Gasteiger partial charge in [0.05, 0.1) is 0 Å². The summed E-state index contributed by atoms with van der Waals surface area (Å²) in [6.45, 7) is 1.15. The molecular formula is C29H25NO6. The predicted octanol–water partition coefficient (Wildman–Crippen LogP) is 4.28. The van der Waals surface area contributed by atoms with Crippen LogP contribution in [0.4, 0.5) is 0 Å². The van der Waals surface area contributed by atoms with Crippen LogP contribution in [-0.4, -0.2) is 21.8 Å². The van der Waals surface area contributed by atoms with Crippen LogP contribution in [0.3, 0.4) is 0 Å². The number of aromatic carboxylic acids is 1. The summed E-state index contributed by atoms with van der Waals surface area (Å²) in [7, 11) is 0. The lowest BCUT2D eigenvalue weighted by Gasteiger charge is -2.21. The van der Waals surface area contributed by atoms with Gasteiger partial charge >= 0.3 is 17.5 Å². The molecule has 0 spiro atoms. The van der Waals surface area contributed by atoms with Gasteiger partial charge in [-0.1, -0.05) is 91.0 Å². The number of aromatic nitrogens is 1. The number of benzene rings is 3. The summed E-state index contributed by atoms with van der Waals surface area (Å²) in [5, 5.41) is 10.3. The highest BCUT2D eigenvalue weighted by molar-refractivity contribution is 5.88. The third-order valence-electron chi connectivity index (χ3n) is 5.60. The lowest BCUT2D eigenvalue weighted by atomic mass is 9.93. The number of pyridine rings is 1. The van der Waals surface area contributed by atoms with Crippen molar-refractivity contribution in [1.82, 2.24) is 4.73 Å². The number of carboxylic acid groups (broad SMARTS) is 1. The van der Waals surface area contributed by atoms with Gasteiger partial charge < -0.3 is 14.7 Å². The number of rotatable bonds is 9. The van der Waals surface area contributed by atoms with Crippen LogP contribution in [0.15, 0.2) is 95.8 Å². The Balaban J connectivity index is 1.95. The molecule has 1 aromatic heterocycles. The molecule has 0 aliphatic rings. The molecule has 1 heterocycles. The van der Waals surface area contributed by atoms with E-state index in [0.29, 0.717) is 11.1 Å². The summed E-state index contributed by atoms with van der Waals surface area (Å²) in [6, 6.07) is 27.6. The second kappa shape index (κ2) is 11.2. The van der Waals surface area contributed by atoms with Gasteiger partial charge in [-0.15, -0.1) is 4.73 Å². The van der Waals surface area contributed by atoms with E-state index in [-0.39, 0.29) is 30.9 Å². The standard InChI is InChI=1S/C29H25NO6/c1-20(31)36-27-25(18-22-13-7-3-8-14-22)24(17-21-11-5-2-6-12-21)26(29(33)34)30(28(27)32)35-19-23-15-9-4-10-16-23/h2-16H,17-19H2,1H3,(H,33,34). The molecule has 1 N–H and O–H groups in total. The average molecular weight is 484 g/mol. The maximum Gasteiger partial charge on any atom is 0.356 e. The Morgan fingerprint density at radius 2 is 1.22 bits per heavy atom. The van der Waals surface area contributed by atoms with Gasteiger partial charge in [0.25, 0.3) is 0 Å². The summed E-state index contributed by atoms with van der Waals surface area (Å²) in [4.78, 5) is 43.9. The lowest BCUT2D eigenvalue weighted by molar-refractivity contribution is -0.132. The molecule has 3 aromatic carbocycles. The molecule has 0 saturated heterocycles. The van der Waals surface area contributed by atoms with Crippen molar-refractivity contribution in [1.29, 1.82) is 0 Å². The number of esters is 1. The van der Waals surface area contributed by atoms with Crippen LogP contribution in [0.5, 0.6) is 5.75 Å². The Bertz CT molecular complexity index is 1410. The minimum absolute atomic E-state index is 0.0522. The van der Waals surface area contributed by atoms with E-state index in [1.54, 1.807) is 12.1 Å². The third-order valence-corrected chi connectivity index (χ3v) is 5.60. The second-order valence-corrected chi connectivity index (χ2v) is 8.22. The fraction of sp³-hybridized carbons (Fsp3) is 0.138. The molecule has 4 aromatic rings. The first-order chi connectivity index (χ1) is 17.4. The highest BCUT2D eigenvalue weighted by atomic mass is 16.7. The summed E-state index contributed by atoms with van der Waals surface area (Å²) < 4.78 is 6.15. The average Bonchev–Trinajstić information content (AvgIpc) is 2.88. The summed E-state index contributed by atoms with van der Waals surface area (Å²) >= 11 is 0. The molecule has 0 unspecified atom stereocenters. The van der Waals surface area contributed by atoms with Crippen molar-refractivity contribution >= 4 is 11.9 Å². The van der Waals surface area contributed by atoms with E-state index in [1.807, 2.05) is 78.9 Å². The zero-order chi connectivity index (χ0) is 25.5. The fourth-order valence-electron chi connectivity index (χ4n) is 4.00. The van der Waals surface area contributed by atoms with E-state index < -0.39 is 17.5 Å². The van der Waals surface area contributed by atoms with E-state index >= 15 is 0 Å². The van der Waals surface area contributed by atoms with Gasteiger partial charge in [0.15, 0.2) is 5.69 Å². The molecule has 7 nitrogen and oxygen atoms in total. The molecule has 4 rings (SSSR count). The van der Waals surface area contributed by atoms with Crippen molar-refractivity contribution in [3.63, 3.8) is 0 Å². The molecular weight excluding hydrogens is 458 g/mol. The van der Waals surface area contributed by atoms with Gasteiger partial charge in [-0.3, -0.25) is 9.59 Å². The Hall–Kier alpha value is -4.65. The van der Waals surface area contributed by atoms with Crippen molar-refractivity contribution < 1.29 is 24.3 Å². The van der Waals surface area contributed by atoms with Crippen molar-refractivity contribution in [2.75, 3.05) is 0 Å². The SMILES string of the molecule is CC(=O)Oc1c(Cc2ccccc2)c(Cc2ccccc2)c(C(=O)O)n(OCc2ccccc2)c1=O. The van der Waals surface area contributed by atoms with Crippen LogP contribution in [-0.2, 0) is 24.2 Å². The minimum Gasteiger partial charge on any atom is -0.476 e. The zero-order valence-corrected chi connectivity index (χ0v) is 19.7. The maximum atomic E-state index is 13.6. The number of nitrogens with zero attached hydrogens (tertiary/aromatic N) is 1. The molecule has 182 valence electrons. The van der Waals surface area contributed by atoms with Gasteiger partial charge in [-0.2, -0.15) is 0 Å². The van der Waals surface area contributed by atoms with Crippen LogP contribution in [0.2, 0.25) is 0 Å². The van der Waals surface area contributed by atoms with Crippen LogP contribution in [0.25, 0.3) is 0 Å². The van der Waals surface area contributed by atoms with E-state index in [4.69, 9.17) is 9.57 Å². The molecule has 7 heteroatoms. The van der Waals surface area contributed by atoms with Crippen molar-refractivity contribution in [3.05, 3.63) is 135 Å². The van der Waals surface area contributed by atoms with Gasteiger partial charge in [-0.25, -0.2) is 4.79 Å². The summed E-state index contributed by atoms with van der Waals surface area (Å²) in [5.41, 5.74) is 1.93. The maximum absolute atomic E-state index is 13.6. The Morgan fingerprint density at radius 3 is 1.69 bits per heavy atom. The molecule has 0 aliphatic carbocycles. The van der Waals surface area contributed by atoms with Crippen molar-refractivity contribution in [3.8, 4) is 5.75 Å². The molecule has 0 bridgehead atoms. The molecule has 36 heavy (non-hydrogen) atoms. The molecule has 0 aliphatic heterocycles. The van der Waals surface area contributed by atoms with E-state index in [1.165, 1.54) is 6.92 Å². The number of ether oxygens (including phenoxy) is 1. The number of hydrogen-bond donors (Lipinski definition) is 1. The number of carboxylic acids is 1. The topological polar surface area (TPSA) is 94.8 Å². The van der Waals surface area contributed by atoms with Crippen molar-refractivity contribution in [2.45, 2.75) is 26.4 Å². The lowest BCUT2D eigenvalue weighted by Crippen LogP contribution is -2.36. The number of carbonyl (C=O) groups excluding carboxylic acids is 1. The highest BCUT2D eigenvalue weighted by Crippen LogP contribution is 2.28. The molecule has 0 saturated carbocycles. The third kappa shape index (κ3) is 5.70. The monoisotopic (exact) mass is 483 g/mol. The molecule has 0 amide bonds. The van der Waals surface area contributed by atoms with Crippen molar-refractivity contribution in [2.24, 2.45) is 0 Å². The van der Waals surface area contributed by atoms with Crippen LogP contribution < -0.4 is 15.1 Å². The Morgan fingerprint density at radius 1 is 0.750 bits per heavy atom. The quantitative estimate of drug-likeness (QED) is 0.357. The molecule has 0 atom stereocenters. The minimum atomic E-state index is -1.32. The molecule has 0 fully saturated rings. The normalized spacial score (nSPS) is 10.6. The predicted molar refractivity (Wildman–Crippen MR) is 134 cm³/mol. The smallest absolute Gasteiger partial charge is 0.356 e. The highest BCUT2D eigenvalue weighted by Gasteiger charge is 2.29. The first-order valence-corrected chi connectivity index (χ1v) is 11.4. The first kappa shape index (κ1) is 24.5. The van der Waals surface area contributed by atoms with E-state index in [0.717, 1.165) is 21.4 Å². The van der Waals surface area contributed by atoms with E-state index in [9.17, 15) is 19.5 Å². The Kier molecular flexibility index (Phi) is 7.60. The molecule has 0 radical (unpaired) electrons. The van der Waals surface area contributed by atoms with Crippen LogP contribution in [0.1, 0.15) is 45.2 Å². The van der Waals surface area contributed by atoms with E-state index in [2.05, 4.69) is 0 Å². The Labute approximate surface area is 208 Å². The van der Waals surface area contributed by atoms with Gasteiger partial charge in [0.1, 0.15) is 6.61 Å². The number of hydrogen-bond acceptors (Lipinski definition) is 5. The van der Waals surface area contributed by atoms with Gasteiger partial charge in [-0.05, 0) is 22.3 Å². The summed E-state index contributed by atoms with van der Waals surface area (Å²) in [5.74, 6) is -2.25. The fourth-order valence-corrected chi connectivity index (χ4v) is 4.00. The van der Waals surface area contributed by atoms with Crippen LogP contribution in [0, 0.1) is 0 Å².